The van der Waals surface area contributed by atoms with E-state index in [2.05, 4.69) is 6.58 Å². The fraction of sp³-hybridized carbons (Fsp3) is 0.158. The van der Waals surface area contributed by atoms with Crippen LogP contribution in [0.1, 0.15) is 22.3 Å². The Morgan fingerprint density at radius 3 is 2.04 bits per heavy atom. The molecule has 0 aliphatic rings. The van der Waals surface area contributed by atoms with Crippen LogP contribution in [0.5, 0.6) is 0 Å². The summed E-state index contributed by atoms with van der Waals surface area (Å²) in [5.74, 6) is -1.05. The van der Waals surface area contributed by atoms with Crippen molar-refractivity contribution in [3.8, 4) is 0 Å². The van der Waals surface area contributed by atoms with Crippen LogP contribution in [0.3, 0.4) is 0 Å². The van der Waals surface area contributed by atoms with Gasteiger partial charge in [-0.3, -0.25) is 4.79 Å². The summed E-state index contributed by atoms with van der Waals surface area (Å²) in [6.45, 7) is 3.77. The average molecular weight is 312 g/mol. The normalized spacial score (nSPS) is 9.22. The summed E-state index contributed by atoms with van der Waals surface area (Å²) in [5, 5.41) is 8.38. The topological polar surface area (TPSA) is 63.6 Å². The van der Waals surface area contributed by atoms with Crippen molar-refractivity contribution in [2.45, 2.75) is 12.8 Å². The minimum atomic E-state index is -0.879. The second-order valence-electron chi connectivity index (χ2n) is 4.63. The monoisotopic (exact) mass is 312 g/mol. The first kappa shape index (κ1) is 18.2. The van der Waals surface area contributed by atoms with E-state index in [1.165, 1.54) is 0 Å². The first-order valence-corrected chi connectivity index (χ1v) is 7.22. The standard InChI is InChI=1S/C12H14O2.C7H6O2/c1-2-10-14-12(13)9-8-11-6-4-3-5-7-11;8-7(9)6-4-2-1-3-5-6/h2-7H,1,8-10H2;1-5H,(H,8,9). The van der Waals surface area contributed by atoms with Crippen molar-refractivity contribution in [1.82, 2.24) is 0 Å². The predicted molar refractivity (Wildman–Crippen MR) is 89.3 cm³/mol. The fourth-order valence-electron chi connectivity index (χ4n) is 1.70. The Balaban J connectivity index is 0.000000253. The Labute approximate surface area is 136 Å². The number of carbonyl (C=O) groups is 2. The summed E-state index contributed by atoms with van der Waals surface area (Å²) in [7, 11) is 0. The molecule has 4 heteroatoms. The number of hydrogen-bond acceptors (Lipinski definition) is 3. The van der Waals surface area contributed by atoms with Gasteiger partial charge in [-0.1, -0.05) is 61.2 Å². The lowest BCUT2D eigenvalue weighted by molar-refractivity contribution is -0.142. The molecule has 0 fully saturated rings. The maximum atomic E-state index is 11.1. The SMILES string of the molecule is C=CCOC(=O)CCc1ccccc1.O=C(O)c1ccccc1. The highest BCUT2D eigenvalue weighted by Gasteiger charge is 2.01. The third-order valence-electron chi connectivity index (χ3n) is 2.84. The molecule has 0 saturated carbocycles. The number of ether oxygens (including phenoxy) is 1. The molecule has 0 heterocycles. The molecule has 0 saturated heterocycles. The number of aryl methyl sites for hydroxylation is 1. The summed E-state index contributed by atoms with van der Waals surface area (Å²) < 4.78 is 4.86. The summed E-state index contributed by atoms with van der Waals surface area (Å²) >= 11 is 0. The smallest absolute Gasteiger partial charge is 0.335 e. The zero-order valence-electron chi connectivity index (χ0n) is 12.9. The van der Waals surface area contributed by atoms with Gasteiger partial charge in [0, 0.05) is 6.42 Å². The van der Waals surface area contributed by atoms with E-state index in [0.717, 1.165) is 12.0 Å². The van der Waals surface area contributed by atoms with Gasteiger partial charge in [0.1, 0.15) is 6.61 Å². The van der Waals surface area contributed by atoms with E-state index in [-0.39, 0.29) is 5.97 Å². The number of carbonyl (C=O) groups excluding carboxylic acids is 1. The van der Waals surface area contributed by atoms with Crippen molar-refractivity contribution in [3.05, 3.63) is 84.4 Å². The van der Waals surface area contributed by atoms with Gasteiger partial charge >= 0.3 is 11.9 Å². The van der Waals surface area contributed by atoms with E-state index in [1.54, 1.807) is 36.4 Å². The molecule has 0 aromatic heterocycles. The van der Waals surface area contributed by atoms with Gasteiger partial charge in [-0.05, 0) is 24.1 Å². The third kappa shape index (κ3) is 8.21. The maximum Gasteiger partial charge on any atom is 0.335 e. The average Bonchev–Trinajstić information content (AvgIpc) is 2.60. The molecule has 2 aromatic carbocycles. The van der Waals surface area contributed by atoms with Crippen molar-refractivity contribution in [2.75, 3.05) is 6.61 Å². The van der Waals surface area contributed by atoms with Gasteiger partial charge in [0.2, 0.25) is 0 Å². The van der Waals surface area contributed by atoms with E-state index in [4.69, 9.17) is 9.84 Å². The molecule has 23 heavy (non-hydrogen) atoms. The number of carboxylic acids is 1. The van der Waals surface area contributed by atoms with Crippen LogP contribution >= 0.6 is 0 Å². The Morgan fingerprint density at radius 2 is 1.57 bits per heavy atom. The van der Waals surface area contributed by atoms with Crippen molar-refractivity contribution in [2.24, 2.45) is 0 Å². The first-order valence-electron chi connectivity index (χ1n) is 7.22. The van der Waals surface area contributed by atoms with E-state index in [9.17, 15) is 9.59 Å². The molecule has 0 amide bonds. The van der Waals surface area contributed by atoms with Crippen LogP contribution in [0.4, 0.5) is 0 Å². The summed E-state index contributed by atoms with van der Waals surface area (Å²) in [5.41, 5.74) is 1.49. The van der Waals surface area contributed by atoms with Crippen LogP contribution in [-0.2, 0) is 16.0 Å². The summed E-state index contributed by atoms with van der Waals surface area (Å²) in [6.07, 6.45) is 2.73. The molecule has 0 spiro atoms. The molecule has 4 nitrogen and oxygen atoms in total. The molecular weight excluding hydrogens is 292 g/mol. The molecule has 0 bridgehead atoms. The molecule has 120 valence electrons. The van der Waals surface area contributed by atoms with E-state index < -0.39 is 5.97 Å². The van der Waals surface area contributed by atoms with Gasteiger partial charge < -0.3 is 9.84 Å². The van der Waals surface area contributed by atoms with Gasteiger partial charge in [-0.15, -0.1) is 0 Å². The number of esters is 1. The number of rotatable bonds is 6. The summed E-state index contributed by atoms with van der Waals surface area (Å²) in [4.78, 5) is 21.3. The Hall–Kier alpha value is -2.88. The molecule has 0 aliphatic carbocycles. The molecular formula is C19H20O4. The Kier molecular flexibility index (Phi) is 8.52. The molecule has 2 aromatic rings. The Morgan fingerprint density at radius 1 is 1.00 bits per heavy atom. The molecule has 0 atom stereocenters. The molecule has 0 unspecified atom stereocenters. The van der Waals surface area contributed by atoms with Crippen LogP contribution in [-0.4, -0.2) is 23.7 Å². The lowest BCUT2D eigenvalue weighted by atomic mass is 10.1. The number of benzene rings is 2. The highest BCUT2D eigenvalue weighted by molar-refractivity contribution is 5.87. The lowest BCUT2D eigenvalue weighted by Crippen LogP contribution is -2.05. The van der Waals surface area contributed by atoms with E-state index >= 15 is 0 Å². The summed E-state index contributed by atoms with van der Waals surface area (Å²) in [6, 6.07) is 18.2. The van der Waals surface area contributed by atoms with E-state index in [1.807, 2.05) is 30.3 Å². The highest BCUT2D eigenvalue weighted by atomic mass is 16.5. The van der Waals surface area contributed by atoms with Crippen LogP contribution in [0.2, 0.25) is 0 Å². The zero-order chi connectivity index (χ0) is 16.9. The molecule has 0 aliphatic heterocycles. The van der Waals surface area contributed by atoms with Gasteiger partial charge in [-0.2, -0.15) is 0 Å². The second-order valence-corrected chi connectivity index (χ2v) is 4.63. The zero-order valence-corrected chi connectivity index (χ0v) is 12.9. The number of hydrogen-bond donors (Lipinski definition) is 1. The number of carboxylic acid groups (broad SMARTS) is 1. The first-order chi connectivity index (χ1) is 11.1. The minimum Gasteiger partial charge on any atom is -0.478 e. The van der Waals surface area contributed by atoms with Crippen LogP contribution < -0.4 is 0 Å². The highest BCUT2D eigenvalue weighted by Crippen LogP contribution is 2.03. The fourth-order valence-corrected chi connectivity index (χ4v) is 1.70. The molecule has 2 rings (SSSR count). The van der Waals surface area contributed by atoms with Gasteiger partial charge in [0.05, 0.1) is 5.56 Å². The molecule has 0 radical (unpaired) electrons. The minimum absolute atomic E-state index is 0.172. The van der Waals surface area contributed by atoms with Crippen molar-refractivity contribution in [3.63, 3.8) is 0 Å². The van der Waals surface area contributed by atoms with Gasteiger partial charge in [0.25, 0.3) is 0 Å². The lowest BCUT2D eigenvalue weighted by Gasteiger charge is -2.01. The molecule has 1 N–H and O–H groups in total. The quantitative estimate of drug-likeness (QED) is 0.652. The Bertz CT molecular complexity index is 606. The predicted octanol–water partition coefficient (Wildman–Crippen LogP) is 3.73. The largest absolute Gasteiger partial charge is 0.478 e. The van der Waals surface area contributed by atoms with Crippen molar-refractivity contribution < 1.29 is 19.4 Å². The number of aromatic carboxylic acids is 1. The van der Waals surface area contributed by atoms with Crippen molar-refractivity contribution >= 4 is 11.9 Å². The van der Waals surface area contributed by atoms with Crippen LogP contribution in [0.15, 0.2) is 73.3 Å². The van der Waals surface area contributed by atoms with Gasteiger partial charge in [0.15, 0.2) is 0 Å². The van der Waals surface area contributed by atoms with Crippen LogP contribution in [0, 0.1) is 0 Å². The van der Waals surface area contributed by atoms with Gasteiger partial charge in [-0.25, -0.2) is 4.79 Å². The second kappa shape index (κ2) is 10.8. The third-order valence-corrected chi connectivity index (χ3v) is 2.84. The maximum absolute atomic E-state index is 11.1. The van der Waals surface area contributed by atoms with Crippen LogP contribution in [0.25, 0.3) is 0 Å². The van der Waals surface area contributed by atoms with E-state index in [0.29, 0.717) is 18.6 Å². The van der Waals surface area contributed by atoms with Crippen molar-refractivity contribution in [1.29, 1.82) is 0 Å².